The molecule has 0 amide bonds. The highest BCUT2D eigenvalue weighted by atomic mass is 16.5. The number of benzene rings is 8. The molecule has 0 spiro atoms. The van der Waals surface area contributed by atoms with Crippen molar-refractivity contribution in [2.45, 2.75) is 39.0 Å². The number of rotatable bonds is 17. The maximum atomic E-state index is 13.1. The van der Waals surface area contributed by atoms with Crippen molar-refractivity contribution in [3.05, 3.63) is 262 Å². The molecular formula is C66H54N4O8. The van der Waals surface area contributed by atoms with Gasteiger partial charge in [0.25, 0.3) is 0 Å². The molecule has 0 saturated heterocycles. The van der Waals surface area contributed by atoms with Crippen LogP contribution in [-0.2, 0) is 30.3 Å². The van der Waals surface area contributed by atoms with Gasteiger partial charge in [-0.2, -0.15) is 0 Å². The number of carbonyl (C=O) groups is 4. The minimum atomic E-state index is -1.84. The molecule has 386 valence electrons. The molecular weight excluding hydrogens is 977 g/mol. The Morgan fingerprint density at radius 2 is 0.526 bits per heavy atom. The summed E-state index contributed by atoms with van der Waals surface area (Å²) in [5, 5.41) is 0. The van der Waals surface area contributed by atoms with E-state index in [9.17, 15) is 19.2 Å². The normalized spacial score (nSPS) is 14.1. The Morgan fingerprint density at radius 3 is 0.769 bits per heavy atom. The minimum absolute atomic E-state index is 0.206. The van der Waals surface area contributed by atoms with Crippen molar-refractivity contribution in [1.82, 2.24) is 0 Å². The summed E-state index contributed by atoms with van der Waals surface area (Å²) < 4.78 is 21.6. The van der Waals surface area contributed by atoms with Gasteiger partial charge in [0.15, 0.2) is 0 Å². The SMILES string of the molecule is CCOC(=O)c1ccc(C2=NC(c3ccccc3-c3ccccc3)(C3(c4ccccc4-c4ccccc4)N=C(c4ccc(C(=O)OCC)cc4)C(c4ccc(C(=O)OCC)cc4)=N3)N=C2c2ccc(C(=O)OCC)cc2)cc1. The Labute approximate surface area is 452 Å². The van der Waals surface area contributed by atoms with Gasteiger partial charge in [-0.25, -0.2) is 39.1 Å². The number of hydrogen-bond donors (Lipinski definition) is 0. The highest BCUT2D eigenvalue weighted by Crippen LogP contribution is 2.58. The van der Waals surface area contributed by atoms with E-state index < -0.39 is 35.2 Å². The van der Waals surface area contributed by atoms with E-state index in [0.717, 1.165) is 22.3 Å². The van der Waals surface area contributed by atoms with Crippen molar-refractivity contribution in [3.8, 4) is 22.3 Å². The van der Waals surface area contributed by atoms with E-state index in [1.165, 1.54) is 0 Å². The van der Waals surface area contributed by atoms with Crippen molar-refractivity contribution in [2.75, 3.05) is 26.4 Å². The molecule has 0 bridgehead atoms. The van der Waals surface area contributed by atoms with Crippen LogP contribution in [0.1, 0.15) is 103 Å². The van der Waals surface area contributed by atoms with E-state index in [0.29, 0.717) is 78.5 Å². The van der Waals surface area contributed by atoms with Crippen LogP contribution in [0, 0.1) is 0 Å². The molecule has 0 fully saturated rings. The molecule has 0 radical (unpaired) electrons. The summed E-state index contributed by atoms with van der Waals surface area (Å²) in [5.41, 5.74) is 6.71. The van der Waals surface area contributed by atoms with Gasteiger partial charge in [-0.3, -0.25) is 0 Å². The molecule has 2 aliphatic heterocycles. The Morgan fingerprint density at radius 1 is 0.295 bits per heavy atom. The third-order valence-electron chi connectivity index (χ3n) is 13.5. The summed E-state index contributed by atoms with van der Waals surface area (Å²) in [5.74, 6) is -1.88. The van der Waals surface area contributed by atoms with Crippen LogP contribution in [0.15, 0.2) is 226 Å². The highest BCUT2D eigenvalue weighted by molar-refractivity contribution is 6.56. The lowest BCUT2D eigenvalue weighted by molar-refractivity contribution is 0.0516. The summed E-state index contributed by atoms with van der Waals surface area (Å²) in [6, 6.07) is 64.2. The van der Waals surface area contributed by atoms with Crippen LogP contribution >= 0.6 is 0 Å². The molecule has 78 heavy (non-hydrogen) atoms. The standard InChI is InChI=1S/C66H54N4O8/c1-5-75-61(71)49-35-27-45(28-36-49)57-58(46-29-37-50(38-30-46)62(72)76-6-2)68-65(67-57,55-25-17-15-23-53(55)43-19-11-9-12-20-43)66(56-26-18-16-24-54(56)44-21-13-10-14-22-44)69-59(47-31-39-51(40-32-47)63(73)77-7-3)60(70-66)48-33-41-52(42-34-48)64(74)78-8-4/h9-42H,5-8H2,1-4H3. The number of nitrogens with zero attached hydrogens (tertiary/aromatic N) is 4. The fourth-order valence-corrected chi connectivity index (χ4v) is 9.87. The van der Waals surface area contributed by atoms with Gasteiger partial charge in [-0.15, -0.1) is 0 Å². The number of aliphatic imine (C=N–C) groups is 4. The van der Waals surface area contributed by atoms with Crippen LogP contribution in [0.5, 0.6) is 0 Å². The zero-order valence-electron chi connectivity index (χ0n) is 43.5. The first kappa shape index (κ1) is 51.8. The van der Waals surface area contributed by atoms with Crippen molar-refractivity contribution in [2.24, 2.45) is 20.0 Å². The predicted molar refractivity (Wildman–Crippen MR) is 303 cm³/mol. The average molecular weight is 1030 g/mol. The molecule has 0 atom stereocenters. The highest BCUT2D eigenvalue weighted by Gasteiger charge is 2.62. The molecule has 10 rings (SSSR count). The lowest BCUT2D eigenvalue weighted by atomic mass is 9.77. The predicted octanol–water partition coefficient (Wildman–Crippen LogP) is 12.7. The molecule has 0 N–H and O–H groups in total. The molecule has 12 heteroatoms. The molecule has 12 nitrogen and oxygen atoms in total. The Bertz CT molecular complexity index is 3260. The number of hydrogen-bond acceptors (Lipinski definition) is 12. The lowest BCUT2D eigenvalue weighted by Gasteiger charge is -2.40. The van der Waals surface area contributed by atoms with Crippen molar-refractivity contribution >= 4 is 46.7 Å². The van der Waals surface area contributed by atoms with Gasteiger partial charge >= 0.3 is 23.9 Å². The van der Waals surface area contributed by atoms with E-state index in [1.54, 1.807) is 76.2 Å². The summed E-state index contributed by atoms with van der Waals surface area (Å²) in [7, 11) is 0. The third kappa shape index (κ3) is 9.87. The first-order valence-corrected chi connectivity index (χ1v) is 25.9. The molecule has 8 aromatic carbocycles. The zero-order chi connectivity index (χ0) is 54.2. The van der Waals surface area contributed by atoms with Gasteiger partial charge in [-0.05, 0) is 98.5 Å². The van der Waals surface area contributed by atoms with E-state index in [2.05, 4.69) is 0 Å². The van der Waals surface area contributed by atoms with E-state index in [-0.39, 0.29) is 26.4 Å². The Hall–Kier alpha value is -9.68. The van der Waals surface area contributed by atoms with E-state index in [4.69, 9.17) is 38.9 Å². The summed E-state index contributed by atoms with van der Waals surface area (Å²) in [6.07, 6.45) is 0. The summed E-state index contributed by atoms with van der Waals surface area (Å²) in [4.78, 5) is 76.6. The molecule has 8 aromatic rings. The van der Waals surface area contributed by atoms with Crippen molar-refractivity contribution in [3.63, 3.8) is 0 Å². The Balaban J connectivity index is 1.37. The molecule has 0 unspecified atom stereocenters. The monoisotopic (exact) mass is 1030 g/mol. The molecule has 2 aliphatic rings. The van der Waals surface area contributed by atoms with Gasteiger partial charge < -0.3 is 18.9 Å². The second-order valence-electron chi connectivity index (χ2n) is 18.2. The first-order chi connectivity index (χ1) is 38.1. The number of ether oxygens (including phenoxy) is 4. The van der Waals surface area contributed by atoms with Gasteiger partial charge in [-0.1, -0.05) is 158 Å². The van der Waals surface area contributed by atoms with Crippen LogP contribution < -0.4 is 0 Å². The van der Waals surface area contributed by atoms with Gasteiger partial charge in [0.2, 0.25) is 11.3 Å². The summed E-state index contributed by atoms with van der Waals surface area (Å²) >= 11 is 0. The van der Waals surface area contributed by atoms with E-state index >= 15 is 0 Å². The molecule has 0 saturated carbocycles. The molecule has 0 aromatic heterocycles. The second-order valence-corrected chi connectivity index (χ2v) is 18.2. The van der Waals surface area contributed by atoms with Crippen LogP contribution in [0.4, 0.5) is 0 Å². The smallest absolute Gasteiger partial charge is 0.338 e. The lowest BCUT2D eigenvalue weighted by Crippen LogP contribution is -2.44. The van der Waals surface area contributed by atoms with E-state index in [1.807, 2.05) is 158 Å². The fourth-order valence-electron chi connectivity index (χ4n) is 9.87. The fraction of sp³-hybridized carbons (Fsp3) is 0.152. The maximum absolute atomic E-state index is 13.1. The zero-order valence-corrected chi connectivity index (χ0v) is 43.5. The minimum Gasteiger partial charge on any atom is -0.462 e. The van der Waals surface area contributed by atoms with Crippen molar-refractivity contribution < 1.29 is 38.1 Å². The topological polar surface area (TPSA) is 155 Å². The molecule has 2 heterocycles. The Kier molecular flexibility index (Phi) is 15.0. The second kappa shape index (κ2) is 22.7. The van der Waals surface area contributed by atoms with Crippen LogP contribution in [-0.4, -0.2) is 73.2 Å². The molecule has 0 aliphatic carbocycles. The van der Waals surface area contributed by atoms with Crippen molar-refractivity contribution in [1.29, 1.82) is 0 Å². The quantitative estimate of drug-likeness (QED) is 0.0645. The first-order valence-electron chi connectivity index (χ1n) is 25.9. The number of esters is 4. The van der Waals surface area contributed by atoms with Crippen LogP contribution in [0.3, 0.4) is 0 Å². The summed E-state index contributed by atoms with van der Waals surface area (Å²) in [6.45, 7) is 7.86. The van der Waals surface area contributed by atoms with Gasteiger partial charge in [0, 0.05) is 33.4 Å². The number of carbonyl (C=O) groups excluding carboxylic acids is 4. The van der Waals surface area contributed by atoms with Gasteiger partial charge in [0.05, 0.1) is 71.5 Å². The van der Waals surface area contributed by atoms with Gasteiger partial charge in [0.1, 0.15) is 0 Å². The van der Waals surface area contributed by atoms with Crippen LogP contribution in [0.25, 0.3) is 22.3 Å². The largest absolute Gasteiger partial charge is 0.462 e. The maximum Gasteiger partial charge on any atom is 0.338 e. The van der Waals surface area contributed by atoms with Crippen LogP contribution in [0.2, 0.25) is 0 Å². The average Bonchev–Trinajstić information content (AvgIpc) is 3.10. The third-order valence-corrected chi connectivity index (χ3v) is 13.5.